The Morgan fingerprint density at radius 2 is 1.73 bits per heavy atom. The smallest absolute Gasteiger partial charge is 0.343 e. The molecule has 6 nitrogen and oxygen atoms in total. The van der Waals surface area contributed by atoms with Crippen molar-refractivity contribution in [3.05, 3.63) is 90.5 Å². The molecule has 1 heterocycles. The van der Waals surface area contributed by atoms with E-state index in [1.807, 2.05) is 54.6 Å². The molecule has 0 radical (unpaired) electrons. The molecule has 0 spiro atoms. The summed E-state index contributed by atoms with van der Waals surface area (Å²) in [5, 5.41) is 0. The number of carbonyl (C=O) groups excluding carboxylic acids is 1. The van der Waals surface area contributed by atoms with Gasteiger partial charge >= 0.3 is 5.97 Å². The van der Waals surface area contributed by atoms with Crippen molar-refractivity contribution in [1.29, 1.82) is 0 Å². The number of hydrogen-bond donors (Lipinski definition) is 0. The largest absolute Gasteiger partial charge is 0.493 e. The highest BCUT2D eigenvalue weighted by Crippen LogP contribution is 2.28. The Kier molecular flexibility index (Phi) is 10.9. The standard InChI is InChI=1S/C34H39NO5/c1-4-21-37-22-9-7-6-8-10-26-11-13-28(14-12-26)34(36)39-29-17-15-27(16-18-29)33-35-31-20-19-30(23-32(31)40-33)38-24-25(3)5-2/h4,11-20,23,25H,1,5-10,21-22,24H2,2-3H3/t25-/m0/s1. The van der Waals surface area contributed by atoms with Gasteiger partial charge in [0.15, 0.2) is 5.58 Å². The predicted octanol–water partition coefficient (Wildman–Crippen LogP) is 8.44. The van der Waals surface area contributed by atoms with Gasteiger partial charge in [0, 0.05) is 18.2 Å². The van der Waals surface area contributed by atoms with Crippen LogP contribution < -0.4 is 9.47 Å². The number of fused-ring (bicyclic) bond motifs is 1. The zero-order valence-corrected chi connectivity index (χ0v) is 23.6. The van der Waals surface area contributed by atoms with Crippen LogP contribution in [0.3, 0.4) is 0 Å². The Morgan fingerprint density at radius 1 is 0.975 bits per heavy atom. The van der Waals surface area contributed by atoms with Crippen LogP contribution in [0, 0.1) is 5.92 Å². The van der Waals surface area contributed by atoms with Gasteiger partial charge in [0.1, 0.15) is 17.0 Å². The SMILES string of the molecule is C=CCOCCCCCCc1ccc(C(=O)Oc2ccc(-c3nc4ccc(OC[C@@H](C)CC)cc4o3)cc2)cc1. The highest BCUT2D eigenvalue weighted by molar-refractivity contribution is 5.91. The summed E-state index contributed by atoms with van der Waals surface area (Å²) in [5.74, 6) is 1.85. The second kappa shape index (κ2) is 15.0. The van der Waals surface area contributed by atoms with E-state index in [1.54, 1.807) is 18.2 Å². The first kappa shape index (κ1) is 29.1. The van der Waals surface area contributed by atoms with E-state index in [1.165, 1.54) is 5.56 Å². The van der Waals surface area contributed by atoms with E-state index in [0.717, 1.165) is 62.0 Å². The quantitative estimate of drug-likeness (QED) is 0.0613. The van der Waals surface area contributed by atoms with Crippen LogP contribution in [-0.2, 0) is 11.2 Å². The number of hydrogen-bond acceptors (Lipinski definition) is 6. The topological polar surface area (TPSA) is 70.8 Å². The summed E-state index contributed by atoms with van der Waals surface area (Å²) in [6.45, 7) is 10.0. The lowest BCUT2D eigenvalue weighted by Crippen LogP contribution is -2.08. The van der Waals surface area contributed by atoms with E-state index in [-0.39, 0.29) is 5.97 Å². The third-order valence-corrected chi connectivity index (χ3v) is 6.83. The third kappa shape index (κ3) is 8.55. The van der Waals surface area contributed by atoms with Gasteiger partial charge in [0.05, 0.1) is 18.8 Å². The van der Waals surface area contributed by atoms with E-state index in [9.17, 15) is 4.79 Å². The minimum Gasteiger partial charge on any atom is -0.493 e. The van der Waals surface area contributed by atoms with Crippen molar-refractivity contribution >= 4 is 17.1 Å². The number of ether oxygens (including phenoxy) is 3. The van der Waals surface area contributed by atoms with E-state index >= 15 is 0 Å². The average molecular weight is 542 g/mol. The minimum absolute atomic E-state index is 0.384. The number of unbranched alkanes of at least 4 members (excludes halogenated alkanes) is 3. The molecule has 0 amide bonds. The summed E-state index contributed by atoms with van der Waals surface area (Å²) in [6, 6.07) is 20.5. The maximum absolute atomic E-state index is 12.7. The number of carbonyl (C=O) groups is 1. The Balaban J connectivity index is 1.26. The summed E-state index contributed by atoms with van der Waals surface area (Å²) in [7, 11) is 0. The van der Waals surface area contributed by atoms with Gasteiger partial charge in [0.25, 0.3) is 0 Å². The van der Waals surface area contributed by atoms with Crippen LogP contribution in [0.25, 0.3) is 22.6 Å². The van der Waals surface area contributed by atoms with Crippen LogP contribution in [0.15, 0.2) is 83.8 Å². The van der Waals surface area contributed by atoms with Crippen LogP contribution in [0.1, 0.15) is 61.9 Å². The molecule has 0 saturated carbocycles. The van der Waals surface area contributed by atoms with Crippen molar-refractivity contribution in [2.75, 3.05) is 19.8 Å². The maximum atomic E-state index is 12.7. The van der Waals surface area contributed by atoms with E-state index in [0.29, 0.717) is 41.9 Å². The fourth-order valence-electron chi connectivity index (χ4n) is 4.17. The monoisotopic (exact) mass is 541 g/mol. The number of aryl methyl sites for hydroxylation is 1. The molecule has 0 saturated heterocycles. The van der Waals surface area contributed by atoms with Crippen molar-refractivity contribution < 1.29 is 23.4 Å². The molecule has 0 N–H and O–H groups in total. The molecule has 1 aromatic heterocycles. The molecule has 0 unspecified atom stereocenters. The highest BCUT2D eigenvalue weighted by atomic mass is 16.5. The molecule has 40 heavy (non-hydrogen) atoms. The van der Waals surface area contributed by atoms with Crippen molar-refractivity contribution in [2.24, 2.45) is 5.92 Å². The molecule has 3 aromatic carbocycles. The molecule has 4 rings (SSSR count). The zero-order valence-electron chi connectivity index (χ0n) is 23.6. The van der Waals surface area contributed by atoms with Crippen LogP contribution in [0.4, 0.5) is 0 Å². The van der Waals surface area contributed by atoms with Gasteiger partial charge in [0.2, 0.25) is 5.89 Å². The van der Waals surface area contributed by atoms with E-state index in [4.69, 9.17) is 18.6 Å². The van der Waals surface area contributed by atoms with Crippen molar-refractivity contribution in [2.45, 2.75) is 52.4 Å². The van der Waals surface area contributed by atoms with Gasteiger partial charge in [-0.2, -0.15) is 0 Å². The van der Waals surface area contributed by atoms with Crippen LogP contribution in [0.2, 0.25) is 0 Å². The Bertz CT molecular complexity index is 1360. The third-order valence-electron chi connectivity index (χ3n) is 6.83. The maximum Gasteiger partial charge on any atom is 0.343 e. The van der Waals surface area contributed by atoms with Crippen molar-refractivity contribution in [3.8, 4) is 23.0 Å². The summed E-state index contributed by atoms with van der Waals surface area (Å²) >= 11 is 0. The van der Waals surface area contributed by atoms with Gasteiger partial charge in [-0.1, -0.05) is 51.3 Å². The Hall–Kier alpha value is -3.90. The summed E-state index contributed by atoms with van der Waals surface area (Å²) < 4.78 is 22.9. The van der Waals surface area contributed by atoms with Crippen LogP contribution >= 0.6 is 0 Å². The number of nitrogens with zero attached hydrogens (tertiary/aromatic N) is 1. The zero-order chi connectivity index (χ0) is 28.2. The normalized spacial score (nSPS) is 11.8. The van der Waals surface area contributed by atoms with E-state index in [2.05, 4.69) is 25.4 Å². The molecule has 0 aliphatic carbocycles. The summed E-state index contributed by atoms with van der Waals surface area (Å²) in [4.78, 5) is 17.3. The molecular weight excluding hydrogens is 502 g/mol. The molecule has 1 atom stereocenters. The second-order valence-corrected chi connectivity index (χ2v) is 10.1. The lowest BCUT2D eigenvalue weighted by molar-refractivity contribution is 0.0734. The second-order valence-electron chi connectivity index (χ2n) is 10.1. The van der Waals surface area contributed by atoms with Crippen LogP contribution in [-0.4, -0.2) is 30.8 Å². The predicted molar refractivity (Wildman–Crippen MR) is 159 cm³/mol. The fraction of sp³-hybridized carbons (Fsp3) is 0.353. The Morgan fingerprint density at radius 3 is 2.48 bits per heavy atom. The van der Waals surface area contributed by atoms with E-state index < -0.39 is 0 Å². The van der Waals surface area contributed by atoms with Gasteiger partial charge in [-0.3, -0.25) is 0 Å². The Labute approximate surface area is 237 Å². The number of esters is 1. The first-order chi connectivity index (χ1) is 19.6. The van der Waals surface area contributed by atoms with Crippen LogP contribution in [0.5, 0.6) is 11.5 Å². The number of rotatable bonds is 16. The molecular formula is C34H39NO5. The minimum atomic E-state index is -0.384. The molecule has 0 fully saturated rings. The first-order valence-electron chi connectivity index (χ1n) is 14.2. The van der Waals surface area contributed by atoms with Gasteiger partial charge in [-0.05, 0) is 79.3 Å². The molecule has 0 bridgehead atoms. The lowest BCUT2D eigenvalue weighted by atomic mass is 10.0. The highest BCUT2D eigenvalue weighted by Gasteiger charge is 2.12. The molecule has 4 aromatic rings. The summed E-state index contributed by atoms with van der Waals surface area (Å²) in [6.07, 6.45) is 8.34. The van der Waals surface area contributed by atoms with Gasteiger partial charge in [-0.25, -0.2) is 9.78 Å². The molecule has 0 aliphatic heterocycles. The molecule has 0 aliphatic rings. The van der Waals surface area contributed by atoms with Crippen molar-refractivity contribution in [3.63, 3.8) is 0 Å². The number of benzene rings is 3. The molecule has 210 valence electrons. The fourth-order valence-corrected chi connectivity index (χ4v) is 4.17. The molecule has 6 heteroatoms. The first-order valence-corrected chi connectivity index (χ1v) is 14.2. The average Bonchev–Trinajstić information content (AvgIpc) is 3.41. The summed E-state index contributed by atoms with van der Waals surface area (Å²) in [5.41, 5.74) is 3.98. The van der Waals surface area contributed by atoms with Crippen molar-refractivity contribution in [1.82, 2.24) is 4.98 Å². The lowest BCUT2D eigenvalue weighted by Gasteiger charge is -2.10. The number of aromatic nitrogens is 1. The van der Waals surface area contributed by atoms with Gasteiger partial charge < -0.3 is 18.6 Å². The van der Waals surface area contributed by atoms with Gasteiger partial charge in [-0.15, -0.1) is 6.58 Å². The number of oxazole rings is 1.